The first-order valence-corrected chi connectivity index (χ1v) is 8.31. The van der Waals surface area contributed by atoms with Crippen LogP contribution in [0, 0.1) is 0 Å². The zero-order chi connectivity index (χ0) is 16.7. The van der Waals surface area contributed by atoms with Crippen molar-refractivity contribution in [2.24, 2.45) is 0 Å². The van der Waals surface area contributed by atoms with E-state index in [0.717, 1.165) is 29.7 Å². The molecule has 4 rings (SSSR count). The Balaban J connectivity index is 1.46. The molecule has 24 heavy (non-hydrogen) atoms. The second kappa shape index (κ2) is 5.93. The molecule has 2 atom stereocenters. The number of fused-ring (bicyclic) bond motifs is 1. The number of anilines is 1. The highest BCUT2D eigenvalue weighted by Gasteiger charge is 2.40. The maximum absolute atomic E-state index is 13.3. The van der Waals surface area contributed by atoms with E-state index in [-0.39, 0.29) is 25.3 Å². The van der Waals surface area contributed by atoms with E-state index < -0.39 is 5.92 Å². The highest BCUT2D eigenvalue weighted by molar-refractivity contribution is 5.87. The van der Waals surface area contributed by atoms with E-state index in [9.17, 15) is 8.78 Å². The van der Waals surface area contributed by atoms with Gasteiger partial charge in [-0.2, -0.15) is 0 Å². The Morgan fingerprint density at radius 2 is 2.25 bits per heavy atom. The summed E-state index contributed by atoms with van der Waals surface area (Å²) in [7, 11) is 1.83. The molecule has 0 saturated carbocycles. The van der Waals surface area contributed by atoms with Crippen molar-refractivity contribution in [3.05, 3.63) is 18.6 Å². The van der Waals surface area contributed by atoms with Crippen LogP contribution in [0.2, 0.25) is 0 Å². The minimum Gasteiger partial charge on any atom is -0.372 e. The van der Waals surface area contributed by atoms with Crippen LogP contribution in [0.1, 0.15) is 25.5 Å². The minimum absolute atomic E-state index is 0.00745. The molecule has 130 valence electrons. The summed E-state index contributed by atoms with van der Waals surface area (Å²) in [6.45, 7) is 0.869. The Bertz CT molecular complexity index is 734. The molecular weight excluding hydrogens is 316 g/mol. The molecule has 2 aliphatic rings. The average Bonchev–Trinajstić information content (AvgIpc) is 3.25. The zero-order valence-corrected chi connectivity index (χ0v) is 13.6. The van der Waals surface area contributed by atoms with E-state index in [0.29, 0.717) is 13.1 Å². The van der Waals surface area contributed by atoms with Crippen molar-refractivity contribution in [3.63, 3.8) is 0 Å². The van der Waals surface area contributed by atoms with Gasteiger partial charge in [0.05, 0.1) is 18.0 Å². The van der Waals surface area contributed by atoms with E-state index in [1.165, 1.54) is 6.33 Å². The van der Waals surface area contributed by atoms with Crippen LogP contribution in [0.5, 0.6) is 0 Å². The number of halogens is 2. The lowest BCUT2D eigenvalue weighted by atomic mass is 10.2. The lowest BCUT2D eigenvalue weighted by molar-refractivity contribution is -0.0199. The fraction of sp³-hybridized carbons (Fsp3) is 0.625. The summed E-state index contributed by atoms with van der Waals surface area (Å²) in [5.74, 6) is -1.76. The molecular formula is C16H21F2N5O. The van der Waals surface area contributed by atoms with E-state index in [1.807, 2.05) is 28.8 Å². The third-order valence-electron chi connectivity index (χ3n) is 4.85. The quantitative estimate of drug-likeness (QED) is 0.929. The number of alkyl halides is 2. The van der Waals surface area contributed by atoms with Crippen LogP contribution in [0.4, 0.5) is 14.6 Å². The normalized spacial score (nSPS) is 27.1. The number of ether oxygens (including phenoxy) is 1. The Morgan fingerprint density at radius 3 is 3.00 bits per heavy atom. The molecule has 2 aromatic rings. The number of hydrogen-bond acceptors (Lipinski definition) is 5. The molecule has 2 aliphatic heterocycles. The van der Waals surface area contributed by atoms with Crippen LogP contribution in [0.25, 0.3) is 11.0 Å². The summed E-state index contributed by atoms with van der Waals surface area (Å²) in [5, 5.41) is 4.01. The van der Waals surface area contributed by atoms with Crippen molar-refractivity contribution in [2.75, 3.05) is 32.0 Å². The van der Waals surface area contributed by atoms with Crippen molar-refractivity contribution < 1.29 is 13.5 Å². The lowest BCUT2D eigenvalue weighted by Gasteiger charge is -2.21. The summed E-state index contributed by atoms with van der Waals surface area (Å²) in [6.07, 6.45) is 5.06. The molecule has 0 aromatic carbocycles. The van der Waals surface area contributed by atoms with E-state index in [2.05, 4.69) is 15.3 Å². The fourth-order valence-electron chi connectivity index (χ4n) is 3.68. The first-order chi connectivity index (χ1) is 11.6. The van der Waals surface area contributed by atoms with Gasteiger partial charge in [0.25, 0.3) is 5.92 Å². The Kier molecular flexibility index (Phi) is 3.88. The van der Waals surface area contributed by atoms with E-state index in [4.69, 9.17) is 4.74 Å². The van der Waals surface area contributed by atoms with Gasteiger partial charge in [0.2, 0.25) is 0 Å². The van der Waals surface area contributed by atoms with Gasteiger partial charge < -0.3 is 14.6 Å². The van der Waals surface area contributed by atoms with Crippen molar-refractivity contribution in [1.82, 2.24) is 19.4 Å². The summed E-state index contributed by atoms with van der Waals surface area (Å²) >= 11 is 0. The Hall–Kier alpha value is -1.80. The first-order valence-electron chi connectivity index (χ1n) is 8.31. The predicted molar refractivity (Wildman–Crippen MR) is 86.2 cm³/mol. The summed E-state index contributed by atoms with van der Waals surface area (Å²) < 4.78 is 34.7. The SMILES string of the molecule is CNc1ncnc2c1ccn2C1CCC(CN2CCC(F)(F)C2)O1. The standard InChI is InChI=1S/C16H21F2N5O/c1-19-14-12-4-6-23(15(12)21-10-20-14)13-3-2-11(24-13)8-22-7-5-16(17,18)9-22/h4,6,10-11,13H,2-3,5,7-9H2,1H3,(H,19,20,21). The van der Waals surface area contributed by atoms with Gasteiger partial charge in [0.15, 0.2) is 0 Å². The molecule has 2 fully saturated rings. The highest BCUT2D eigenvalue weighted by atomic mass is 19.3. The molecule has 1 N–H and O–H groups in total. The smallest absolute Gasteiger partial charge is 0.261 e. The molecule has 2 aromatic heterocycles. The van der Waals surface area contributed by atoms with Gasteiger partial charge >= 0.3 is 0 Å². The molecule has 0 amide bonds. The first kappa shape index (κ1) is 15.7. The average molecular weight is 337 g/mol. The monoisotopic (exact) mass is 337 g/mol. The van der Waals surface area contributed by atoms with Gasteiger partial charge in [-0.05, 0) is 18.9 Å². The number of nitrogens with one attached hydrogen (secondary N) is 1. The molecule has 6 nitrogen and oxygen atoms in total. The number of hydrogen-bond donors (Lipinski definition) is 1. The molecule has 0 radical (unpaired) electrons. The summed E-state index contributed by atoms with van der Waals surface area (Å²) in [6, 6.07) is 1.97. The van der Waals surface area contributed by atoms with Crippen molar-refractivity contribution in [1.29, 1.82) is 0 Å². The number of rotatable bonds is 4. The van der Waals surface area contributed by atoms with Crippen LogP contribution < -0.4 is 5.32 Å². The lowest BCUT2D eigenvalue weighted by Crippen LogP contribution is -2.32. The molecule has 2 unspecified atom stereocenters. The highest BCUT2D eigenvalue weighted by Crippen LogP contribution is 2.34. The van der Waals surface area contributed by atoms with Crippen LogP contribution in [-0.2, 0) is 4.74 Å². The van der Waals surface area contributed by atoms with Crippen molar-refractivity contribution >= 4 is 16.9 Å². The predicted octanol–water partition coefficient (Wildman–Crippen LogP) is 2.49. The van der Waals surface area contributed by atoms with Gasteiger partial charge in [0, 0.05) is 32.8 Å². The second-order valence-corrected chi connectivity index (χ2v) is 6.56. The molecule has 0 spiro atoms. The second-order valence-electron chi connectivity index (χ2n) is 6.56. The van der Waals surface area contributed by atoms with Gasteiger partial charge in [-0.1, -0.05) is 0 Å². The molecule has 2 saturated heterocycles. The van der Waals surface area contributed by atoms with Gasteiger partial charge in [0.1, 0.15) is 24.0 Å². The van der Waals surface area contributed by atoms with E-state index >= 15 is 0 Å². The van der Waals surface area contributed by atoms with Gasteiger partial charge in [-0.25, -0.2) is 18.7 Å². The molecule has 4 heterocycles. The topological polar surface area (TPSA) is 55.2 Å². The van der Waals surface area contributed by atoms with Gasteiger partial charge in [-0.3, -0.25) is 4.90 Å². The largest absolute Gasteiger partial charge is 0.372 e. The van der Waals surface area contributed by atoms with Crippen LogP contribution in [0.3, 0.4) is 0 Å². The Labute approximate surface area is 138 Å². The Morgan fingerprint density at radius 1 is 1.38 bits per heavy atom. The maximum atomic E-state index is 13.3. The van der Waals surface area contributed by atoms with Crippen LogP contribution in [-0.4, -0.2) is 58.1 Å². The number of nitrogens with zero attached hydrogens (tertiary/aromatic N) is 4. The molecule has 8 heteroatoms. The van der Waals surface area contributed by atoms with E-state index in [1.54, 1.807) is 0 Å². The number of aromatic nitrogens is 3. The number of likely N-dealkylation sites (tertiary alicyclic amines) is 1. The van der Waals surface area contributed by atoms with Crippen molar-refractivity contribution in [3.8, 4) is 0 Å². The third kappa shape index (κ3) is 2.84. The molecule has 0 bridgehead atoms. The fourth-order valence-corrected chi connectivity index (χ4v) is 3.68. The zero-order valence-electron chi connectivity index (χ0n) is 13.6. The maximum Gasteiger partial charge on any atom is 0.261 e. The van der Waals surface area contributed by atoms with Crippen LogP contribution >= 0.6 is 0 Å². The summed E-state index contributed by atoms with van der Waals surface area (Å²) in [5.41, 5.74) is 0.827. The van der Waals surface area contributed by atoms with Crippen molar-refractivity contribution in [2.45, 2.75) is 37.5 Å². The van der Waals surface area contributed by atoms with Gasteiger partial charge in [-0.15, -0.1) is 0 Å². The van der Waals surface area contributed by atoms with Crippen LogP contribution in [0.15, 0.2) is 18.6 Å². The third-order valence-corrected chi connectivity index (χ3v) is 4.85. The summed E-state index contributed by atoms with van der Waals surface area (Å²) in [4.78, 5) is 10.4. The molecule has 0 aliphatic carbocycles. The minimum atomic E-state index is -2.55.